The Hall–Kier alpha value is -9.66. The zero-order valence-electron chi connectivity index (χ0n) is 39.5. The van der Waals surface area contributed by atoms with E-state index in [1.807, 2.05) is 132 Å². The lowest BCUT2D eigenvalue weighted by molar-refractivity contribution is -0.137. The summed E-state index contributed by atoms with van der Waals surface area (Å²) in [6.45, 7) is 0. The maximum Gasteiger partial charge on any atom is 0.418 e. The Labute approximate surface area is 421 Å². The number of nitrogens with zero attached hydrogens (tertiary/aromatic N) is 5. The number of alkyl halides is 3. The van der Waals surface area contributed by atoms with Gasteiger partial charge in [-0.25, -0.2) is 4.98 Å². The molecule has 0 N–H and O–H groups in total. The Bertz CT molecular complexity index is 4670. The summed E-state index contributed by atoms with van der Waals surface area (Å²) >= 11 is 0. The van der Waals surface area contributed by atoms with Crippen LogP contribution >= 0.6 is 0 Å². The normalized spacial score (nSPS) is 12.3. The third kappa shape index (κ3) is 6.21. The Morgan fingerprint density at radius 2 is 0.649 bits per heavy atom. The minimum Gasteiger partial charge on any atom is -0.309 e. The molecule has 5 heterocycles. The Morgan fingerprint density at radius 1 is 0.284 bits per heavy atom. The first kappa shape index (κ1) is 42.1. The van der Waals surface area contributed by atoms with Crippen molar-refractivity contribution in [2.45, 2.75) is 6.18 Å². The van der Waals surface area contributed by atoms with Crippen molar-refractivity contribution in [2.75, 3.05) is 0 Å². The minimum absolute atomic E-state index is 0.00777. The van der Waals surface area contributed by atoms with Crippen molar-refractivity contribution in [1.29, 1.82) is 0 Å². The van der Waals surface area contributed by atoms with Gasteiger partial charge in [0.05, 0.1) is 72.5 Å². The molecule has 8 heteroatoms. The van der Waals surface area contributed by atoms with Crippen LogP contribution in [0.4, 0.5) is 13.2 Å². The number of aromatic nitrogens is 5. The summed E-state index contributed by atoms with van der Waals surface area (Å²) in [6.07, 6.45) is -4.77. The molecule has 15 aromatic rings. The van der Waals surface area contributed by atoms with E-state index in [0.717, 1.165) is 93.1 Å². The molecule has 0 atom stereocenters. The quantitative estimate of drug-likeness (QED) is 0.163. The van der Waals surface area contributed by atoms with Crippen molar-refractivity contribution in [3.8, 4) is 45.3 Å². The van der Waals surface area contributed by atoms with Crippen LogP contribution in [0.1, 0.15) is 5.56 Å². The standard InChI is InChI=1S/C66H40F3N5/c67-66(68,69)53-40-64(73-60-31-14-8-23-48(60)50-37-42(33-35-62(50)73)71-56-27-10-4-19-44(56)45-20-5-11-28-57(45)71)52(55-26-16-25-54(70-55)41-17-2-1-3-18-41)39-65(53)74-61-32-15-9-24-49(61)51-38-43(34-36-63(51)74)72-58-29-12-6-21-46(58)47-22-7-13-30-59(47)72/h1-40H. The maximum atomic E-state index is 16.5. The number of pyridine rings is 1. The van der Waals surface area contributed by atoms with E-state index < -0.39 is 11.7 Å². The van der Waals surface area contributed by atoms with Gasteiger partial charge >= 0.3 is 6.18 Å². The first-order chi connectivity index (χ1) is 36.4. The first-order valence-corrected chi connectivity index (χ1v) is 24.7. The lowest BCUT2D eigenvalue weighted by Crippen LogP contribution is -2.13. The van der Waals surface area contributed by atoms with Crippen LogP contribution in [0.3, 0.4) is 0 Å². The molecule has 0 aliphatic rings. The van der Waals surface area contributed by atoms with Gasteiger partial charge in [0, 0.05) is 65.6 Å². The minimum atomic E-state index is -4.77. The van der Waals surface area contributed by atoms with Crippen LogP contribution in [0, 0.1) is 0 Å². The van der Waals surface area contributed by atoms with Crippen LogP contribution in [0.5, 0.6) is 0 Å². The number of halogens is 3. The molecule has 15 rings (SSSR count). The lowest BCUT2D eigenvalue weighted by atomic mass is 10.0. The summed E-state index contributed by atoms with van der Waals surface area (Å²) < 4.78 is 57.7. The van der Waals surface area contributed by atoms with E-state index in [4.69, 9.17) is 4.98 Å². The van der Waals surface area contributed by atoms with Crippen molar-refractivity contribution < 1.29 is 13.2 Å². The Balaban J connectivity index is 1.01. The van der Waals surface area contributed by atoms with E-state index in [2.05, 4.69) is 112 Å². The van der Waals surface area contributed by atoms with E-state index in [-0.39, 0.29) is 5.69 Å². The van der Waals surface area contributed by atoms with Crippen LogP contribution in [0.15, 0.2) is 243 Å². The highest BCUT2D eigenvalue weighted by molar-refractivity contribution is 6.14. The molecule has 0 saturated heterocycles. The molecule has 10 aromatic carbocycles. The molecular formula is C66H40F3N5. The number of rotatable bonds is 6. The Kier molecular flexibility index (Phi) is 9.05. The summed E-state index contributed by atoms with van der Waals surface area (Å²) in [4.78, 5) is 5.27. The van der Waals surface area contributed by atoms with Gasteiger partial charge in [-0.15, -0.1) is 0 Å². The number of hydrogen-bond acceptors (Lipinski definition) is 1. The second kappa shape index (κ2) is 15.9. The molecule has 0 aliphatic heterocycles. The van der Waals surface area contributed by atoms with Crippen molar-refractivity contribution in [3.63, 3.8) is 0 Å². The predicted molar refractivity (Wildman–Crippen MR) is 297 cm³/mol. The average molecular weight is 960 g/mol. The van der Waals surface area contributed by atoms with Crippen LogP contribution in [0.2, 0.25) is 0 Å². The van der Waals surface area contributed by atoms with Gasteiger partial charge in [-0.1, -0.05) is 146 Å². The number of benzene rings is 10. The predicted octanol–water partition coefficient (Wildman–Crippen LogP) is 17.8. The molecule has 5 aromatic heterocycles. The molecule has 350 valence electrons. The summed E-state index contributed by atoms with van der Waals surface area (Å²) in [7, 11) is 0. The summed E-state index contributed by atoms with van der Waals surface area (Å²) in [5, 5.41) is 8.06. The fraction of sp³-hybridized carbons (Fsp3) is 0.0152. The van der Waals surface area contributed by atoms with Gasteiger partial charge in [-0.3, -0.25) is 0 Å². The molecule has 0 unspecified atom stereocenters. The first-order valence-electron chi connectivity index (χ1n) is 24.7. The van der Waals surface area contributed by atoms with Crippen LogP contribution < -0.4 is 0 Å². The van der Waals surface area contributed by atoms with E-state index in [9.17, 15) is 0 Å². The van der Waals surface area contributed by atoms with Crippen molar-refractivity contribution in [1.82, 2.24) is 23.3 Å². The van der Waals surface area contributed by atoms with E-state index >= 15 is 13.2 Å². The van der Waals surface area contributed by atoms with Gasteiger partial charge < -0.3 is 18.3 Å². The third-order valence-electron chi connectivity index (χ3n) is 15.0. The van der Waals surface area contributed by atoms with Crippen molar-refractivity contribution >= 4 is 87.2 Å². The number of para-hydroxylation sites is 6. The SMILES string of the molecule is FC(F)(F)c1cc(-n2c3ccccc3c3cc(-n4c5ccccc5c5ccccc54)ccc32)c(-c2cccc(-c3ccccc3)n2)cc1-n1c2ccccc2c2cc(-n3c4ccccc4c4ccccc43)ccc21. The lowest BCUT2D eigenvalue weighted by Gasteiger charge is -2.22. The fourth-order valence-electron chi connectivity index (χ4n) is 11.9. The molecule has 0 aliphatic carbocycles. The second-order valence-electron chi connectivity index (χ2n) is 19.0. The molecule has 0 spiro atoms. The van der Waals surface area contributed by atoms with Gasteiger partial charge in [0.2, 0.25) is 0 Å². The third-order valence-corrected chi connectivity index (χ3v) is 15.0. The van der Waals surface area contributed by atoms with E-state index in [0.29, 0.717) is 33.7 Å². The molecule has 0 fully saturated rings. The molecular weight excluding hydrogens is 920 g/mol. The molecule has 0 radical (unpaired) electrons. The van der Waals surface area contributed by atoms with E-state index in [1.165, 1.54) is 6.07 Å². The summed E-state index contributed by atoms with van der Waals surface area (Å²) in [5.74, 6) is 0. The highest BCUT2D eigenvalue weighted by atomic mass is 19.4. The van der Waals surface area contributed by atoms with Gasteiger partial charge in [0.25, 0.3) is 0 Å². The van der Waals surface area contributed by atoms with Crippen LogP contribution in [0.25, 0.3) is 132 Å². The molecule has 5 nitrogen and oxygen atoms in total. The molecule has 0 saturated carbocycles. The highest BCUT2D eigenvalue weighted by Gasteiger charge is 2.37. The molecule has 0 bridgehead atoms. The van der Waals surface area contributed by atoms with Gasteiger partial charge in [-0.05, 0) is 97.1 Å². The highest BCUT2D eigenvalue weighted by Crippen LogP contribution is 2.46. The molecule has 0 amide bonds. The second-order valence-corrected chi connectivity index (χ2v) is 19.0. The zero-order valence-corrected chi connectivity index (χ0v) is 39.5. The Morgan fingerprint density at radius 3 is 1.09 bits per heavy atom. The number of hydrogen-bond donors (Lipinski definition) is 0. The van der Waals surface area contributed by atoms with Crippen LogP contribution in [-0.2, 0) is 6.18 Å². The fourth-order valence-corrected chi connectivity index (χ4v) is 11.9. The van der Waals surface area contributed by atoms with Crippen LogP contribution in [-0.4, -0.2) is 23.3 Å². The van der Waals surface area contributed by atoms with Gasteiger partial charge in [0.1, 0.15) is 0 Å². The monoisotopic (exact) mass is 959 g/mol. The van der Waals surface area contributed by atoms with Crippen molar-refractivity contribution in [2.24, 2.45) is 0 Å². The summed E-state index contributed by atoms with van der Waals surface area (Å²) in [6, 6.07) is 80.3. The topological polar surface area (TPSA) is 32.6 Å². The van der Waals surface area contributed by atoms with Gasteiger partial charge in [-0.2, -0.15) is 13.2 Å². The smallest absolute Gasteiger partial charge is 0.309 e. The van der Waals surface area contributed by atoms with Crippen molar-refractivity contribution in [3.05, 3.63) is 248 Å². The summed E-state index contributed by atoms with van der Waals surface area (Å²) in [5.41, 5.74) is 11.3. The maximum absolute atomic E-state index is 16.5. The zero-order chi connectivity index (χ0) is 49.2. The van der Waals surface area contributed by atoms with Gasteiger partial charge in [0.15, 0.2) is 0 Å². The molecule has 74 heavy (non-hydrogen) atoms. The average Bonchev–Trinajstić information content (AvgIpc) is 4.18. The van der Waals surface area contributed by atoms with E-state index in [1.54, 1.807) is 10.6 Å². The number of fused-ring (bicyclic) bond motifs is 12. The largest absolute Gasteiger partial charge is 0.418 e.